The van der Waals surface area contributed by atoms with Crippen LogP contribution in [0, 0.1) is 13.8 Å². The fourth-order valence-electron chi connectivity index (χ4n) is 3.35. The summed E-state index contributed by atoms with van der Waals surface area (Å²) in [5.74, 6) is 0.873. The van der Waals surface area contributed by atoms with Crippen LogP contribution < -0.4 is 20.7 Å². The lowest BCUT2D eigenvalue weighted by Gasteiger charge is -2.14. The zero-order chi connectivity index (χ0) is 27.5. The number of anilines is 4. The van der Waals surface area contributed by atoms with Gasteiger partial charge in [0, 0.05) is 36.0 Å². The van der Waals surface area contributed by atoms with Crippen molar-refractivity contribution >= 4 is 38.9 Å². The summed E-state index contributed by atoms with van der Waals surface area (Å²) >= 11 is 0. The van der Waals surface area contributed by atoms with Crippen LogP contribution in [0.3, 0.4) is 0 Å². The number of carbonyl (C=O) groups excluding carboxylic acids is 1. The summed E-state index contributed by atoms with van der Waals surface area (Å²) in [6, 6.07) is 22.1. The number of pyridine rings is 2. The maximum Gasteiger partial charge on any atom is 0.328 e. The predicted molar refractivity (Wildman–Crippen MR) is 151 cm³/mol. The third kappa shape index (κ3) is 8.90. The largest absolute Gasteiger partial charge is 0.354 e. The van der Waals surface area contributed by atoms with E-state index in [4.69, 9.17) is 0 Å². The molecule has 4 rings (SSSR count). The van der Waals surface area contributed by atoms with E-state index in [0.717, 1.165) is 22.8 Å². The SMILES string of the molecule is Cc1cccc(Nc2ccccn2)c1.Cc1cccc(Nc2ccncc2S(=O)(=O)NC(=O)NC(C)C)c1. The van der Waals surface area contributed by atoms with Crippen molar-refractivity contribution in [2.24, 2.45) is 0 Å². The first-order valence-electron chi connectivity index (χ1n) is 12.0. The van der Waals surface area contributed by atoms with Gasteiger partial charge in [0.15, 0.2) is 0 Å². The quantitative estimate of drug-likeness (QED) is 0.242. The molecule has 2 heterocycles. The van der Waals surface area contributed by atoms with Crippen LogP contribution in [0.2, 0.25) is 0 Å². The highest BCUT2D eigenvalue weighted by atomic mass is 32.2. The average Bonchev–Trinajstić information content (AvgIpc) is 2.84. The molecule has 10 heteroatoms. The molecule has 0 saturated carbocycles. The molecule has 0 radical (unpaired) electrons. The number of nitrogens with zero attached hydrogens (tertiary/aromatic N) is 2. The molecule has 0 bridgehead atoms. The molecule has 198 valence electrons. The van der Waals surface area contributed by atoms with Gasteiger partial charge in [-0.2, -0.15) is 0 Å². The van der Waals surface area contributed by atoms with Crippen LogP contribution in [0.15, 0.2) is 96.3 Å². The highest BCUT2D eigenvalue weighted by molar-refractivity contribution is 7.90. The van der Waals surface area contributed by atoms with Crippen LogP contribution >= 0.6 is 0 Å². The van der Waals surface area contributed by atoms with Crippen LogP contribution in [0.1, 0.15) is 25.0 Å². The van der Waals surface area contributed by atoms with Gasteiger partial charge in [0.1, 0.15) is 10.7 Å². The first-order valence-corrected chi connectivity index (χ1v) is 13.5. The topological polar surface area (TPSA) is 125 Å². The number of carbonyl (C=O) groups is 1. The molecule has 0 spiro atoms. The van der Waals surface area contributed by atoms with E-state index in [0.29, 0.717) is 5.69 Å². The number of rotatable bonds is 7. The van der Waals surface area contributed by atoms with E-state index in [1.807, 2.05) is 66.2 Å². The average molecular weight is 533 g/mol. The van der Waals surface area contributed by atoms with Gasteiger partial charge in [-0.3, -0.25) is 4.98 Å². The van der Waals surface area contributed by atoms with Gasteiger partial charge in [0.25, 0.3) is 10.0 Å². The summed E-state index contributed by atoms with van der Waals surface area (Å²) in [6.07, 6.45) is 4.45. The number of nitrogens with one attached hydrogen (secondary N) is 4. The third-order valence-electron chi connectivity index (χ3n) is 4.97. The standard InChI is InChI=1S/C16H20N4O3S.C12H12N2/c1-11(2)18-16(21)20-24(22,23)15-10-17-8-7-14(15)19-13-6-4-5-12(3)9-13;1-10-5-4-6-11(9-10)14-12-7-2-3-8-13-12/h4-11H,1-3H3,(H,17,19)(H2,18,20,21);2-9H,1H3,(H,13,14). The van der Waals surface area contributed by atoms with Crippen LogP contribution in [0.25, 0.3) is 0 Å². The van der Waals surface area contributed by atoms with Gasteiger partial charge < -0.3 is 16.0 Å². The summed E-state index contributed by atoms with van der Waals surface area (Å²) in [5, 5.41) is 8.75. The zero-order valence-electron chi connectivity index (χ0n) is 21.8. The normalized spacial score (nSPS) is 10.7. The molecule has 9 nitrogen and oxygen atoms in total. The van der Waals surface area contributed by atoms with Crippen molar-refractivity contribution in [3.05, 3.63) is 103 Å². The molecule has 0 aliphatic heterocycles. The van der Waals surface area contributed by atoms with Gasteiger partial charge in [-0.05, 0) is 81.3 Å². The highest BCUT2D eigenvalue weighted by Gasteiger charge is 2.22. The first-order chi connectivity index (χ1) is 18.1. The molecule has 0 fully saturated rings. The number of amides is 2. The van der Waals surface area contributed by atoms with Crippen molar-refractivity contribution in [2.45, 2.75) is 38.6 Å². The Morgan fingerprint density at radius 3 is 2.05 bits per heavy atom. The molecule has 0 atom stereocenters. The van der Waals surface area contributed by atoms with Crippen molar-refractivity contribution in [3.8, 4) is 0 Å². The molecule has 2 aromatic heterocycles. The minimum Gasteiger partial charge on any atom is -0.354 e. The zero-order valence-corrected chi connectivity index (χ0v) is 22.6. The van der Waals surface area contributed by atoms with Gasteiger partial charge in [-0.15, -0.1) is 0 Å². The van der Waals surface area contributed by atoms with Gasteiger partial charge in [0.05, 0.1) is 5.69 Å². The Labute approximate surface area is 223 Å². The molecule has 0 aliphatic rings. The molecule has 0 saturated heterocycles. The Balaban J connectivity index is 0.000000241. The molecule has 4 aromatic rings. The van der Waals surface area contributed by atoms with E-state index in [9.17, 15) is 13.2 Å². The minimum atomic E-state index is -4.05. The van der Waals surface area contributed by atoms with Gasteiger partial charge in [-0.25, -0.2) is 22.9 Å². The van der Waals surface area contributed by atoms with E-state index in [-0.39, 0.29) is 10.9 Å². The Bertz CT molecular complexity index is 1460. The molecule has 4 N–H and O–H groups in total. The van der Waals surface area contributed by atoms with E-state index in [2.05, 4.69) is 45.0 Å². The minimum absolute atomic E-state index is 0.106. The van der Waals surface area contributed by atoms with E-state index < -0.39 is 16.1 Å². The number of benzene rings is 2. The fraction of sp³-hybridized carbons (Fsp3) is 0.179. The molecule has 2 amide bonds. The number of aryl methyl sites for hydroxylation is 2. The Hall–Kier alpha value is -4.44. The molecular formula is C28H32N6O3S. The molecule has 38 heavy (non-hydrogen) atoms. The fourth-order valence-corrected chi connectivity index (χ4v) is 4.37. The maximum absolute atomic E-state index is 12.5. The summed E-state index contributed by atoms with van der Waals surface area (Å²) < 4.78 is 26.9. The number of sulfonamides is 1. The lowest BCUT2D eigenvalue weighted by Crippen LogP contribution is -2.42. The summed E-state index contributed by atoms with van der Waals surface area (Å²) in [5.41, 5.74) is 4.42. The van der Waals surface area contributed by atoms with Crippen molar-refractivity contribution in [3.63, 3.8) is 0 Å². The number of aromatic nitrogens is 2. The smallest absolute Gasteiger partial charge is 0.328 e. The monoisotopic (exact) mass is 532 g/mol. The second kappa shape index (κ2) is 13.2. The predicted octanol–water partition coefficient (Wildman–Crippen LogP) is 5.66. The van der Waals surface area contributed by atoms with E-state index in [1.54, 1.807) is 20.0 Å². The van der Waals surface area contributed by atoms with Crippen LogP contribution in [-0.4, -0.2) is 30.5 Å². The summed E-state index contributed by atoms with van der Waals surface area (Å²) in [7, 11) is -4.05. The summed E-state index contributed by atoms with van der Waals surface area (Å²) in [4.78, 5) is 19.6. The second-order valence-electron chi connectivity index (χ2n) is 8.81. The molecule has 0 aliphatic carbocycles. The molecular weight excluding hydrogens is 500 g/mol. The Kier molecular flexibility index (Phi) is 9.78. The van der Waals surface area contributed by atoms with Crippen LogP contribution in [0.4, 0.5) is 27.7 Å². The Morgan fingerprint density at radius 2 is 1.47 bits per heavy atom. The van der Waals surface area contributed by atoms with Crippen molar-refractivity contribution in [2.75, 3.05) is 10.6 Å². The molecule has 0 unspecified atom stereocenters. The van der Waals surface area contributed by atoms with Crippen molar-refractivity contribution in [1.29, 1.82) is 0 Å². The van der Waals surface area contributed by atoms with E-state index in [1.165, 1.54) is 24.0 Å². The van der Waals surface area contributed by atoms with Crippen molar-refractivity contribution < 1.29 is 13.2 Å². The number of hydrogen-bond donors (Lipinski definition) is 4. The number of hydrogen-bond acceptors (Lipinski definition) is 7. The Morgan fingerprint density at radius 1 is 0.816 bits per heavy atom. The van der Waals surface area contributed by atoms with Gasteiger partial charge in [-0.1, -0.05) is 30.3 Å². The van der Waals surface area contributed by atoms with Gasteiger partial charge in [0.2, 0.25) is 0 Å². The number of urea groups is 1. The molecule has 2 aromatic carbocycles. The van der Waals surface area contributed by atoms with Crippen molar-refractivity contribution in [1.82, 2.24) is 20.0 Å². The van der Waals surface area contributed by atoms with E-state index >= 15 is 0 Å². The van der Waals surface area contributed by atoms with Crippen LogP contribution in [-0.2, 0) is 10.0 Å². The van der Waals surface area contributed by atoms with Crippen LogP contribution in [0.5, 0.6) is 0 Å². The summed E-state index contributed by atoms with van der Waals surface area (Å²) in [6.45, 7) is 7.48. The third-order valence-corrected chi connectivity index (χ3v) is 6.33. The lowest BCUT2D eigenvalue weighted by atomic mass is 10.2. The second-order valence-corrected chi connectivity index (χ2v) is 10.5. The maximum atomic E-state index is 12.5. The highest BCUT2D eigenvalue weighted by Crippen LogP contribution is 2.24. The van der Waals surface area contributed by atoms with Gasteiger partial charge >= 0.3 is 6.03 Å². The lowest BCUT2D eigenvalue weighted by molar-refractivity contribution is 0.243. The first kappa shape index (κ1) is 28.1.